The molecule has 0 aliphatic carbocycles. The average molecular weight is 498 g/mol. The molecule has 0 bridgehead atoms. The lowest BCUT2D eigenvalue weighted by Crippen LogP contribution is -2.32. The zero-order valence-electron chi connectivity index (χ0n) is 18.9. The van der Waals surface area contributed by atoms with Gasteiger partial charge in [-0.05, 0) is 60.6 Å². The van der Waals surface area contributed by atoms with Gasteiger partial charge in [-0.3, -0.25) is 4.79 Å². The average Bonchev–Trinajstić information content (AvgIpc) is 3.21. The van der Waals surface area contributed by atoms with Gasteiger partial charge < -0.3 is 14.4 Å². The Morgan fingerprint density at radius 1 is 1.09 bits per heavy atom. The highest BCUT2D eigenvalue weighted by molar-refractivity contribution is 7.90. The number of halogens is 3. The summed E-state index contributed by atoms with van der Waals surface area (Å²) in [5.74, 6) is -0.501. The van der Waals surface area contributed by atoms with Gasteiger partial charge in [-0.25, -0.2) is 8.42 Å². The first kappa shape index (κ1) is 24.5. The summed E-state index contributed by atoms with van der Waals surface area (Å²) >= 11 is 0. The summed E-state index contributed by atoms with van der Waals surface area (Å²) in [6.07, 6.45) is -3.98. The summed E-state index contributed by atoms with van der Waals surface area (Å²) in [5, 5.41) is 0. The van der Waals surface area contributed by atoms with Crippen molar-refractivity contribution in [2.24, 2.45) is 0 Å². The standard InChI is InChI=1S/C24H26F3NO5S/c1-15(24(25,26)27)33-22-6-5-20(34(2,30)31)12-21(22)23(29)28-13-18-4-3-17(11-19(18)14-28)16-7-9-32-10-8-16/h3-6,11-12,15-16H,7-10,13-14H2,1-2H3. The van der Waals surface area contributed by atoms with Gasteiger partial charge in [0.15, 0.2) is 15.9 Å². The molecule has 1 unspecified atom stereocenters. The molecule has 2 aromatic carbocycles. The Morgan fingerprint density at radius 2 is 1.76 bits per heavy atom. The minimum atomic E-state index is -4.64. The molecule has 1 fully saturated rings. The van der Waals surface area contributed by atoms with Crippen molar-refractivity contribution in [3.05, 3.63) is 58.7 Å². The second kappa shape index (κ2) is 9.22. The number of alkyl halides is 3. The number of amides is 1. The third kappa shape index (κ3) is 5.22. The quantitative estimate of drug-likeness (QED) is 0.610. The number of fused-ring (bicyclic) bond motifs is 1. The molecule has 2 heterocycles. The predicted molar refractivity (Wildman–Crippen MR) is 119 cm³/mol. The zero-order valence-corrected chi connectivity index (χ0v) is 19.7. The van der Waals surface area contributed by atoms with Crippen molar-refractivity contribution in [2.45, 2.75) is 55.9 Å². The number of carbonyl (C=O) groups is 1. The van der Waals surface area contributed by atoms with Crippen LogP contribution in [0.3, 0.4) is 0 Å². The Morgan fingerprint density at radius 3 is 2.41 bits per heavy atom. The van der Waals surface area contributed by atoms with Crippen LogP contribution in [0.1, 0.15) is 52.7 Å². The molecule has 2 aliphatic rings. The Kier molecular flexibility index (Phi) is 6.65. The maximum absolute atomic E-state index is 13.4. The predicted octanol–water partition coefficient (Wildman–Crippen LogP) is 4.47. The molecule has 6 nitrogen and oxygen atoms in total. The van der Waals surface area contributed by atoms with E-state index in [0.29, 0.717) is 19.1 Å². The first-order valence-electron chi connectivity index (χ1n) is 11.0. The van der Waals surface area contributed by atoms with Gasteiger partial charge in [-0.2, -0.15) is 13.2 Å². The van der Waals surface area contributed by atoms with E-state index < -0.39 is 28.0 Å². The molecule has 0 N–H and O–H groups in total. The van der Waals surface area contributed by atoms with Crippen molar-refractivity contribution in [3.8, 4) is 5.75 Å². The summed E-state index contributed by atoms with van der Waals surface area (Å²) in [4.78, 5) is 14.7. The van der Waals surface area contributed by atoms with Crippen LogP contribution in [0.5, 0.6) is 5.75 Å². The topological polar surface area (TPSA) is 72.9 Å². The lowest BCUT2D eigenvalue weighted by atomic mass is 9.90. The SMILES string of the molecule is CC(Oc1ccc(S(C)(=O)=O)cc1C(=O)N1Cc2ccc(C3CCOCC3)cc2C1)C(F)(F)F. The number of nitrogens with zero attached hydrogens (tertiary/aromatic N) is 1. The highest BCUT2D eigenvalue weighted by atomic mass is 32.2. The molecule has 1 saturated heterocycles. The van der Waals surface area contributed by atoms with Crippen LogP contribution in [-0.4, -0.2) is 51.0 Å². The van der Waals surface area contributed by atoms with Crippen LogP contribution in [0.15, 0.2) is 41.3 Å². The highest BCUT2D eigenvalue weighted by Gasteiger charge is 2.39. The fourth-order valence-corrected chi connectivity index (χ4v) is 4.93. The Hall–Kier alpha value is -2.59. The van der Waals surface area contributed by atoms with Crippen molar-refractivity contribution in [1.82, 2.24) is 4.90 Å². The van der Waals surface area contributed by atoms with Crippen molar-refractivity contribution >= 4 is 15.7 Å². The largest absolute Gasteiger partial charge is 0.480 e. The number of rotatable bonds is 5. The molecule has 184 valence electrons. The molecule has 4 rings (SSSR count). The molecule has 10 heteroatoms. The molecule has 1 atom stereocenters. The number of carbonyl (C=O) groups excluding carboxylic acids is 1. The number of sulfone groups is 1. The van der Waals surface area contributed by atoms with Crippen LogP contribution in [0.2, 0.25) is 0 Å². The molecule has 0 saturated carbocycles. The third-order valence-electron chi connectivity index (χ3n) is 6.31. The maximum atomic E-state index is 13.4. The van der Waals surface area contributed by atoms with Crippen LogP contribution in [-0.2, 0) is 27.7 Å². The van der Waals surface area contributed by atoms with Crippen molar-refractivity contribution in [3.63, 3.8) is 0 Å². The smallest absolute Gasteiger partial charge is 0.425 e. The normalized spacial score (nSPS) is 18.0. The van der Waals surface area contributed by atoms with Crippen LogP contribution in [0, 0.1) is 0 Å². The minimum Gasteiger partial charge on any atom is -0.480 e. The van der Waals surface area contributed by atoms with Gasteiger partial charge >= 0.3 is 6.18 Å². The first-order chi connectivity index (χ1) is 15.9. The van der Waals surface area contributed by atoms with Crippen LogP contribution in [0.25, 0.3) is 0 Å². The second-order valence-electron chi connectivity index (χ2n) is 8.81. The Balaban J connectivity index is 1.61. The number of ether oxygens (including phenoxy) is 2. The monoisotopic (exact) mass is 497 g/mol. The lowest BCUT2D eigenvalue weighted by Gasteiger charge is -2.23. The van der Waals surface area contributed by atoms with E-state index in [1.54, 1.807) is 0 Å². The van der Waals surface area contributed by atoms with Gasteiger partial charge in [0.05, 0.1) is 10.5 Å². The van der Waals surface area contributed by atoms with Gasteiger partial charge in [0.2, 0.25) is 0 Å². The first-order valence-corrected chi connectivity index (χ1v) is 12.9. The van der Waals surface area contributed by atoms with Crippen molar-refractivity contribution < 1.29 is 35.9 Å². The van der Waals surface area contributed by atoms with Crippen LogP contribution < -0.4 is 4.74 Å². The van der Waals surface area contributed by atoms with Crippen molar-refractivity contribution in [1.29, 1.82) is 0 Å². The van der Waals surface area contributed by atoms with E-state index in [1.807, 2.05) is 12.1 Å². The number of hydrogen-bond donors (Lipinski definition) is 0. The molecule has 0 spiro atoms. The third-order valence-corrected chi connectivity index (χ3v) is 7.42. The van der Waals surface area contributed by atoms with Crippen LogP contribution >= 0.6 is 0 Å². The number of benzene rings is 2. The van der Waals surface area contributed by atoms with Crippen molar-refractivity contribution in [2.75, 3.05) is 19.5 Å². The maximum Gasteiger partial charge on any atom is 0.425 e. The second-order valence-corrected chi connectivity index (χ2v) is 10.8. The Bertz CT molecular complexity index is 1190. The summed E-state index contributed by atoms with van der Waals surface area (Å²) in [6.45, 7) is 2.81. The molecular weight excluding hydrogens is 471 g/mol. The van der Waals surface area contributed by atoms with Gasteiger partial charge in [0.25, 0.3) is 5.91 Å². The van der Waals surface area contributed by atoms with E-state index in [1.165, 1.54) is 10.5 Å². The van der Waals surface area contributed by atoms with Gasteiger partial charge in [-0.15, -0.1) is 0 Å². The van der Waals surface area contributed by atoms with E-state index in [-0.39, 0.29) is 29.3 Å². The van der Waals surface area contributed by atoms with E-state index >= 15 is 0 Å². The van der Waals surface area contributed by atoms with E-state index in [2.05, 4.69) is 6.07 Å². The zero-order chi connectivity index (χ0) is 24.7. The van der Waals surface area contributed by atoms with E-state index in [4.69, 9.17) is 9.47 Å². The van der Waals surface area contributed by atoms with E-state index in [0.717, 1.165) is 55.3 Å². The minimum absolute atomic E-state index is 0.165. The molecule has 2 aromatic rings. The highest BCUT2D eigenvalue weighted by Crippen LogP contribution is 2.34. The summed E-state index contributed by atoms with van der Waals surface area (Å²) < 4.78 is 73.8. The fourth-order valence-electron chi connectivity index (χ4n) is 4.28. The Labute approximate surface area is 196 Å². The molecular formula is C24H26F3NO5S. The number of hydrogen-bond acceptors (Lipinski definition) is 5. The summed E-state index contributed by atoms with van der Waals surface area (Å²) in [7, 11) is -3.69. The molecule has 0 radical (unpaired) electrons. The van der Waals surface area contributed by atoms with Crippen LogP contribution in [0.4, 0.5) is 13.2 Å². The van der Waals surface area contributed by atoms with E-state index in [9.17, 15) is 26.4 Å². The van der Waals surface area contributed by atoms with Gasteiger partial charge in [0, 0.05) is 32.6 Å². The molecule has 34 heavy (non-hydrogen) atoms. The lowest BCUT2D eigenvalue weighted by molar-refractivity contribution is -0.189. The molecule has 1 amide bonds. The molecule has 2 aliphatic heterocycles. The summed E-state index contributed by atoms with van der Waals surface area (Å²) in [6, 6.07) is 9.44. The van der Waals surface area contributed by atoms with Gasteiger partial charge in [0.1, 0.15) is 5.75 Å². The summed E-state index contributed by atoms with van der Waals surface area (Å²) in [5.41, 5.74) is 2.90. The molecule has 0 aromatic heterocycles. The fraction of sp³-hybridized carbons (Fsp3) is 0.458. The van der Waals surface area contributed by atoms with Gasteiger partial charge in [-0.1, -0.05) is 18.2 Å².